The Labute approximate surface area is 72.9 Å². The van der Waals surface area contributed by atoms with Gasteiger partial charge >= 0.3 is 0 Å². The summed E-state index contributed by atoms with van der Waals surface area (Å²) in [7, 11) is 0. The highest BCUT2D eigenvalue weighted by atomic mass is 16.1. The minimum Gasteiger partial charge on any atom is -0.295 e. The molecule has 0 amide bonds. The van der Waals surface area contributed by atoms with Crippen LogP contribution < -0.4 is 0 Å². The van der Waals surface area contributed by atoms with E-state index in [1.165, 1.54) is 0 Å². The minimum atomic E-state index is -0.336. The van der Waals surface area contributed by atoms with Crippen LogP contribution in [0.5, 0.6) is 0 Å². The average molecular weight is 163 g/mol. The zero-order chi connectivity index (χ0) is 9.19. The van der Waals surface area contributed by atoms with Crippen molar-refractivity contribution >= 4 is 5.78 Å². The van der Waals surface area contributed by atoms with Crippen LogP contribution >= 0.6 is 0 Å². The van der Waals surface area contributed by atoms with E-state index in [1.807, 2.05) is 19.9 Å². The SMILES string of the molecule is CC(C)(C#N)[C@H]1C=CC(=O)CC1. The molecule has 64 valence electrons. The fourth-order valence-corrected chi connectivity index (χ4v) is 1.39. The first-order chi connectivity index (χ1) is 5.56. The molecule has 0 fully saturated rings. The summed E-state index contributed by atoms with van der Waals surface area (Å²) in [6.45, 7) is 3.83. The summed E-state index contributed by atoms with van der Waals surface area (Å²) in [6, 6.07) is 2.26. The number of hydrogen-bond donors (Lipinski definition) is 0. The fraction of sp³-hybridized carbons (Fsp3) is 0.600. The molecule has 0 bridgehead atoms. The molecule has 0 radical (unpaired) electrons. The number of ketones is 1. The maximum Gasteiger partial charge on any atom is 0.155 e. The monoisotopic (exact) mass is 163 g/mol. The van der Waals surface area contributed by atoms with Crippen LogP contribution in [0, 0.1) is 22.7 Å². The standard InChI is InChI=1S/C10H13NO/c1-10(2,7-11)8-3-5-9(12)6-4-8/h3,5,8H,4,6H2,1-2H3/t8-/m0/s1. The first-order valence-corrected chi connectivity index (χ1v) is 4.18. The largest absolute Gasteiger partial charge is 0.295 e. The molecular formula is C10H13NO. The molecule has 2 nitrogen and oxygen atoms in total. The highest BCUT2D eigenvalue weighted by molar-refractivity contribution is 5.90. The lowest BCUT2D eigenvalue weighted by atomic mass is 9.75. The van der Waals surface area contributed by atoms with E-state index in [-0.39, 0.29) is 17.1 Å². The maximum absolute atomic E-state index is 10.9. The van der Waals surface area contributed by atoms with Gasteiger partial charge in [-0.25, -0.2) is 0 Å². The third-order valence-corrected chi connectivity index (χ3v) is 2.43. The smallest absolute Gasteiger partial charge is 0.155 e. The van der Waals surface area contributed by atoms with Crippen LogP contribution in [0.1, 0.15) is 26.7 Å². The number of carbonyl (C=O) groups is 1. The number of carbonyl (C=O) groups excluding carboxylic acids is 1. The van der Waals surface area contributed by atoms with Crippen molar-refractivity contribution in [3.05, 3.63) is 12.2 Å². The van der Waals surface area contributed by atoms with Gasteiger partial charge in [0, 0.05) is 6.42 Å². The van der Waals surface area contributed by atoms with Gasteiger partial charge in [0.15, 0.2) is 5.78 Å². The zero-order valence-corrected chi connectivity index (χ0v) is 7.50. The summed E-state index contributed by atoms with van der Waals surface area (Å²) in [5, 5.41) is 8.84. The van der Waals surface area contributed by atoms with Crippen LogP contribution in [0.4, 0.5) is 0 Å². The van der Waals surface area contributed by atoms with E-state index in [0.717, 1.165) is 6.42 Å². The zero-order valence-electron chi connectivity index (χ0n) is 7.50. The Hall–Kier alpha value is -1.10. The van der Waals surface area contributed by atoms with Gasteiger partial charge in [0.1, 0.15) is 0 Å². The predicted octanol–water partition coefficient (Wildman–Crippen LogP) is 2.07. The van der Waals surface area contributed by atoms with Gasteiger partial charge in [-0.2, -0.15) is 5.26 Å². The van der Waals surface area contributed by atoms with Crippen LogP contribution in [0.3, 0.4) is 0 Å². The summed E-state index contributed by atoms with van der Waals surface area (Å²) < 4.78 is 0. The van der Waals surface area contributed by atoms with E-state index in [1.54, 1.807) is 6.08 Å². The van der Waals surface area contributed by atoms with Crippen molar-refractivity contribution in [3.63, 3.8) is 0 Å². The van der Waals surface area contributed by atoms with Crippen LogP contribution in [-0.4, -0.2) is 5.78 Å². The van der Waals surface area contributed by atoms with Crippen LogP contribution in [0.15, 0.2) is 12.2 Å². The van der Waals surface area contributed by atoms with Crippen molar-refractivity contribution in [3.8, 4) is 6.07 Å². The average Bonchev–Trinajstić information content (AvgIpc) is 2.05. The number of rotatable bonds is 1. The molecule has 1 aliphatic rings. The van der Waals surface area contributed by atoms with Gasteiger partial charge in [0.25, 0.3) is 0 Å². The molecule has 2 heteroatoms. The Balaban J connectivity index is 2.74. The molecule has 0 aliphatic heterocycles. The summed E-state index contributed by atoms with van der Waals surface area (Å²) in [5.74, 6) is 0.417. The van der Waals surface area contributed by atoms with Crippen molar-refractivity contribution in [2.45, 2.75) is 26.7 Å². The molecule has 0 spiro atoms. The van der Waals surface area contributed by atoms with Crippen LogP contribution in [0.2, 0.25) is 0 Å². The lowest BCUT2D eigenvalue weighted by Gasteiger charge is -2.26. The Morgan fingerprint density at radius 2 is 2.33 bits per heavy atom. The van der Waals surface area contributed by atoms with E-state index in [4.69, 9.17) is 5.26 Å². The number of nitriles is 1. The van der Waals surface area contributed by atoms with Crippen LogP contribution in [-0.2, 0) is 4.79 Å². The van der Waals surface area contributed by atoms with Crippen LogP contribution in [0.25, 0.3) is 0 Å². The molecule has 0 aromatic carbocycles. The molecule has 1 atom stereocenters. The van der Waals surface area contributed by atoms with Gasteiger partial charge in [-0.15, -0.1) is 0 Å². The number of hydrogen-bond acceptors (Lipinski definition) is 2. The molecule has 0 unspecified atom stereocenters. The summed E-state index contributed by atoms with van der Waals surface area (Å²) in [4.78, 5) is 10.9. The van der Waals surface area contributed by atoms with Gasteiger partial charge < -0.3 is 0 Å². The third-order valence-electron chi connectivity index (χ3n) is 2.43. The minimum absolute atomic E-state index is 0.181. The van der Waals surface area contributed by atoms with Crippen molar-refractivity contribution in [2.24, 2.45) is 11.3 Å². The predicted molar refractivity (Wildman–Crippen MR) is 46.3 cm³/mol. The fourth-order valence-electron chi connectivity index (χ4n) is 1.39. The molecule has 0 saturated carbocycles. The molecule has 0 aromatic heterocycles. The second-order valence-corrected chi connectivity index (χ2v) is 3.80. The molecule has 0 saturated heterocycles. The second-order valence-electron chi connectivity index (χ2n) is 3.80. The van der Waals surface area contributed by atoms with E-state index in [2.05, 4.69) is 6.07 Å². The van der Waals surface area contributed by atoms with Gasteiger partial charge in [0.2, 0.25) is 0 Å². The highest BCUT2D eigenvalue weighted by Crippen LogP contribution is 2.32. The topological polar surface area (TPSA) is 40.9 Å². The van der Waals surface area contributed by atoms with Crippen molar-refractivity contribution in [2.75, 3.05) is 0 Å². The van der Waals surface area contributed by atoms with E-state index < -0.39 is 0 Å². The van der Waals surface area contributed by atoms with Gasteiger partial charge in [0.05, 0.1) is 11.5 Å². The highest BCUT2D eigenvalue weighted by Gasteiger charge is 2.29. The normalized spacial score (nSPS) is 23.8. The molecule has 1 aliphatic carbocycles. The molecule has 0 N–H and O–H groups in total. The molecule has 0 aromatic rings. The first-order valence-electron chi connectivity index (χ1n) is 4.18. The Kier molecular flexibility index (Phi) is 2.32. The quantitative estimate of drug-likeness (QED) is 0.593. The Morgan fingerprint density at radius 1 is 1.67 bits per heavy atom. The molecular weight excluding hydrogens is 150 g/mol. The molecule has 0 heterocycles. The van der Waals surface area contributed by atoms with Crippen molar-refractivity contribution in [1.82, 2.24) is 0 Å². The van der Waals surface area contributed by atoms with Gasteiger partial charge in [-0.3, -0.25) is 4.79 Å². The van der Waals surface area contributed by atoms with E-state index >= 15 is 0 Å². The molecule has 12 heavy (non-hydrogen) atoms. The third kappa shape index (κ3) is 1.73. The first kappa shape index (κ1) is 8.99. The molecule has 1 rings (SSSR count). The Morgan fingerprint density at radius 3 is 2.75 bits per heavy atom. The van der Waals surface area contributed by atoms with E-state index in [9.17, 15) is 4.79 Å². The van der Waals surface area contributed by atoms with Crippen molar-refractivity contribution < 1.29 is 4.79 Å². The lowest BCUT2D eigenvalue weighted by Crippen LogP contribution is -2.23. The van der Waals surface area contributed by atoms with Gasteiger partial charge in [-0.1, -0.05) is 6.08 Å². The second kappa shape index (κ2) is 3.10. The summed E-state index contributed by atoms with van der Waals surface area (Å²) in [5.41, 5.74) is -0.336. The number of nitrogens with zero attached hydrogens (tertiary/aromatic N) is 1. The lowest BCUT2D eigenvalue weighted by molar-refractivity contribution is -0.115. The van der Waals surface area contributed by atoms with Gasteiger partial charge in [-0.05, 0) is 32.3 Å². The number of allylic oxidation sites excluding steroid dienone is 2. The van der Waals surface area contributed by atoms with E-state index in [0.29, 0.717) is 6.42 Å². The maximum atomic E-state index is 10.9. The van der Waals surface area contributed by atoms with Crippen molar-refractivity contribution in [1.29, 1.82) is 5.26 Å². The Bertz CT molecular complexity index is 258. The summed E-state index contributed by atoms with van der Waals surface area (Å²) in [6.07, 6.45) is 4.88. The summed E-state index contributed by atoms with van der Waals surface area (Å²) >= 11 is 0.